The first kappa shape index (κ1) is 14.2. The minimum Gasteiger partial charge on any atom is -0.353 e. The molecule has 7 heteroatoms. The normalized spacial score (nSPS) is 22.9. The van der Waals surface area contributed by atoms with Crippen molar-refractivity contribution in [2.24, 2.45) is 18.0 Å². The van der Waals surface area contributed by atoms with Gasteiger partial charge in [-0.1, -0.05) is 6.92 Å². The van der Waals surface area contributed by atoms with Crippen molar-refractivity contribution in [1.82, 2.24) is 25.4 Å². The number of halogens is 1. The molecule has 0 aromatic carbocycles. The van der Waals surface area contributed by atoms with Crippen LogP contribution in [0.2, 0.25) is 0 Å². The Bertz CT molecular complexity index is 388. The smallest absolute Gasteiger partial charge is 0.191 e. The Labute approximate surface area is 118 Å². The fourth-order valence-electron chi connectivity index (χ4n) is 1.54. The minimum atomic E-state index is 0. The van der Waals surface area contributed by atoms with Crippen LogP contribution in [0.3, 0.4) is 0 Å². The topological polar surface area (TPSA) is 67.1 Å². The summed E-state index contributed by atoms with van der Waals surface area (Å²) in [6.45, 7) is 2.87. The van der Waals surface area contributed by atoms with Gasteiger partial charge >= 0.3 is 0 Å². The predicted molar refractivity (Wildman–Crippen MR) is 77.3 cm³/mol. The Hall–Kier alpha value is -0.860. The van der Waals surface area contributed by atoms with Crippen molar-refractivity contribution in [1.29, 1.82) is 0 Å². The minimum absolute atomic E-state index is 0. The lowest BCUT2D eigenvalue weighted by Crippen LogP contribution is -2.39. The van der Waals surface area contributed by atoms with Crippen LogP contribution >= 0.6 is 24.0 Å². The number of aromatic nitrogens is 3. The molecule has 2 rings (SSSR count). The highest BCUT2D eigenvalue weighted by molar-refractivity contribution is 14.0. The van der Waals surface area contributed by atoms with Gasteiger partial charge in [-0.05, 0) is 12.3 Å². The summed E-state index contributed by atoms with van der Waals surface area (Å²) in [7, 11) is 3.65. The van der Waals surface area contributed by atoms with Crippen LogP contribution in [0, 0.1) is 5.92 Å². The van der Waals surface area contributed by atoms with Crippen molar-refractivity contribution in [2.45, 2.75) is 25.9 Å². The molecule has 1 saturated carbocycles. The molecule has 1 aliphatic rings. The van der Waals surface area contributed by atoms with Gasteiger partial charge in [0.1, 0.15) is 12.2 Å². The largest absolute Gasteiger partial charge is 0.353 e. The van der Waals surface area contributed by atoms with Gasteiger partial charge < -0.3 is 10.6 Å². The molecule has 96 valence electrons. The molecule has 6 nitrogen and oxygen atoms in total. The summed E-state index contributed by atoms with van der Waals surface area (Å²) in [5.41, 5.74) is 0. The number of hydrogen-bond donors (Lipinski definition) is 2. The fraction of sp³-hybridized carbons (Fsp3) is 0.700. The lowest BCUT2D eigenvalue weighted by atomic mass is 10.5. The first-order valence-corrected chi connectivity index (χ1v) is 5.50. The molecule has 0 bridgehead atoms. The molecule has 0 radical (unpaired) electrons. The molecule has 1 aromatic rings. The quantitative estimate of drug-likeness (QED) is 0.474. The highest BCUT2D eigenvalue weighted by Crippen LogP contribution is 2.28. The fourth-order valence-corrected chi connectivity index (χ4v) is 1.54. The maximum Gasteiger partial charge on any atom is 0.191 e. The molecular formula is C10H19IN6. The van der Waals surface area contributed by atoms with Gasteiger partial charge in [-0.3, -0.25) is 9.67 Å². The van der Waals surface area contributed by atoms with E-state index in [1.165, 1.54) is 6.42 Å². The maximum atomic E-state index is 4.17. The van der Waals surface area contributed by atoms with E-state index >= 15 is 0 Å². The molecule has 2 atom stereocenters. The van der Waals surface area contributed by atoms with Gasteiger partial charge in [0.25, 0.3) is 0 Å². The van der Waals surface area contributed by atoms with E-state index in [1.54, 1.807) is 18.1 Å². The van der Waals surface area contributed by atoms with Crippen molar-refractivity contribution in [3.05, 3.63) is 12.2 Å². The summed E-state index contributed by atoms with van der Waals surface area (Å²) < 4.78 is 1.75. The summed E-state index contributed by atoms with van der Waals surface area (Å²) in [5.74, 6) is 2.48. The number of nitrogens with one attached hydrogen (secondary N) is 2. The van der Waals surface area contributed by atoms with Crippen LogP contribution in [0.4, 0.5) is 0 Å². The van der Waals surface area contributed by atoms with Gasteiger partial charge in [0.05, 0.1) is 6.54 Å². The monoisotopic (exact) mass is 350 g/mol. The van der Waals surface area contributed by atoms with Crippen LogP contribution in [-0.2, 0) is 13.6 Å². The van der Waals surface area contributed by atoms with Crippen LogP contribution in [0.15, 0.2) is 11.3 Å². The summed E-state index contributed by atoms with van der Waals surface area (Å²) >= 11 is 0. The average molecular weight is 350 g/mol. The van der Waals surface area contributed by atoms with Crippen LogP contribution in [0.25, 0.3) is 0 Å². The summed E-state index contributed by atoms with van der Waals surface area (Å²) in [6.07, 6.45) is 2.78. The zero-order valence-electron chi connectivity index (χ0n) is 10.3. The molecular weight excluding hydrogens is 331 g/mol. The van der Waals surface area contributed by atoms with Crippen molar-refractivity contribution in [3.63, 3.8) is 0 Å². The van der Waals surface area contributed by atoms with Crippen molar-refractivity contribution in [2.75, 3.05) is 7.05 Å². The Morgan fingerprint density at radius 1 is 1.65 bits per heavy atom. The third-order valence-corrected chi connectivity index (χ3v) is 2.87. The molecule has 1 aromatic heterocycles. The van der Waals surface area contributed by atoms with Crippen LogP contribution in [0.5, 0.6) is 0 Å². The van der Waals surface area contributed by atoms with E-state index in [1.807, 2.05) is 7.05 Å². The highest BCUT2D eigenvalue weighted by Gasteiger charge is 2.33. The molecule has 2 N–H and O–H groups in total. The molecule has 1 heterocycles. The zero-order valence-corrected chi connectivity index (χ0v) is 12.7. The lowest BCUT2D eigenvalue weighted by molar-refractivity contribution is 0.669. The second-order valence-electron chi connectivity index (χ2n) is 4.19. The van der Waals surface area contributed by atoms with Crippen LogP contribution in [0.1, 0.15) is 19.2 Å². The average Bonchev–Trinajstić information content (AvgIpc) is 2.79. The third-order valence-electron chi connectivity index (χ3n) is 2.87. The Morgan fingerprint density at radius 2 is 2.35 bits per heavy atom. The van der Waals surface area contributed by atoms with Gasteiger partial charge in [0.2, 0.25) is 0 Å². The van der Waals surface area contributed by atoms with Crippen molar-refractivity contribution >= 4 is 29.9 Å². The van der Waals surface area contributed by atoms with E-state index in [9.17, 15) is 0 Å². The van der Waals surface area contributed by atoms with Gasteiger partial charge in [0.15, 0.2) is 5.96 Å². The lowest BCUT2D eigenvalue weighted by Gasteiger charge is -2.10. The molecule has 0 saturated heterocycles. The number of aryl methyl sites for hydroxylation is 1. The van der Waals surface area contributed by atoms with Crippen LogP contribution in [-0.4, -0.2) is 33.8 Å². The predicted octanol–water partition coefficient (Wildman–Crippen LogP) is 0.506. The van der Waals surface area contributed by atoms with Gasteiger partial charge in [-0.2, -0.15) is 5.10 Å². The number of guanidine groups is 1. The van der Waals surface area contributed by atoms with Crippen molar-refractivity contribution < 1.29 is 0 Å². The molecule has 0 amide bonds. The third kappa shape index (κ3) is 3.83. The van der Waals surface area contributed by atoms with Gasteiger partial charge in [0, 0.05) is 20.1 Å². The molecule has 0 aliphatic heterocycles. The highest BCUT2D eigenvalue weighted by atomic mass is 127. The molecule has 1 fully saturated rings. The molecule has 0 spiro atoms. The molecule has 1 aliphatic carbocycles. The van der Waals surface area contributed by atoms with Crippen molar-refractivity contribution in [3.8, 4) is 0 Å². The SMILES string of the molecule is CN=C(NCc1ncnn1C)NC1CC1C.I. The van der Waals surface area contributed by atoms with E-state index in [-0.39, 0.29) is 24.0 Å². The van der Waals surface area contributed by atoms with Gasteiger partial charge in [-0.25, -0.2) is 4.98 Å². The van der Waals surface area contributed by atoms with Crippen LogP contribution < -0.4 is 10.6 Å². The molecule has 17 heavy (non-hydrogen) atoms. The van der Waals surface area contributed by atoms with E-state index in [4.69, 9.17) is 0 Å². The number of hydrogen-bond acceptors (Lipinski definition) is 3. The molecule has 2 unspecified atom stereocenters. The Balaban J connectivity index is 0.00000144. The standard InChI is InChI=1S/C10H18N6.HI/c1-7-4-8(7)15-10(11-2)12-5-9-13-6-14-16(9)3;/h6-8H,4-5H2,1-3H3,(H2,11,12,15);1H. The summed E-state index contributed by atoms with van der Waals surface area (Å²) in [4.78, 5) is 8.31. The zero-order chi connectivity index (χ0) is 11.5. The van der Waals surface area contributed by atoms with E-state index in [0.717, 1.165) is 17.7 Å². The Kier molecular flexibility index (Phi) is 5.16. The second kappa shape index (κ2) is 6.18. The Morgan fingerprint density at radius 3 is 2.82 bits per heavy atom. The summed E-state index contributed by atoms with van der Waals surface area (Å²) in [5, 5.41) is 10.6. The second-order valence-corrected chi connectivity index (χ2v) is 4.19. The first-order chi connectivity index (χ1) is 7.70. The first-order valence-electron chi connectivity index (χ1n) is 5.50. The maximum absolute atomic E-state index is 4.17. The van der Waals surface area contributed by atoms with E-state index in [0.29, 0.717) is 12.6 Å². The summed E-state index contributed by atoms with van der Waals surface area (Å²) in [6, 6.07) is 0.575. The van der Waals surface area contributed by atoms with E-state index in [2.05, 4.69) is 32.6 Å². The van der Waals surface area contributed by atoms with Gasteiger partial charge in [-0.15, -0.1) is 24.0 Å². The number of aliphatic imine (C=N–C) groups is 1. The number of rotatable bonds is 3. The number of nitrogens with zero attached hydrogens (tertiary/aromatic N) is 4. The van der Waals surface area contributed by atoms with E-state index < -0.39 is 0 Å².